The van der Waals surface area contributed by atoms with Crippen molar-refractivity contribution in [3.63, 3.8) is 0 Å². The third kappa shape index (κ3) is 10.3. The van der Waals surface area contributed by atoms with E-state index in [1.54, 1.807) is 6.20 Å². The molecule has 164 valence electrons. The van der Waals surface area contributed by atoms with E-state index in [0.717, 1.165) is 19.0 Å². The molecule has 1 heterocycles. The zero-order valence-electron chi connectivity index (χ0n) is 18.1. The molecule has 0 saturated heterocycles. The number of hydrogen-bond donors (Lipinski definition) is 2. The lowest BCUT2D eigenvalue weighted by Gasteiger charge is -2.06. The van der Waals surface area contributed by atoms with Gasteiger partial charge in [-0.15, -0.1) is 0 Å². The van der Waals surface area contributed by atoms with Crippen molar-refractivity contribution in [2.75, 3.05) is 0 Å². The minimum atomic E-state index is -0.927. The quantitative estimate of drug-likeness (QED) is 0.232. The van der Waals surface area contributed by atoms with E-state index in [0.29, 0.717) is 6.29 Å². The summed E-state index contributed by atoms with van der Waals surface area (Å²) in [5, 5.41) is 19.1. The van der Waals surface area contributed by atoms with E-state index in [-0.39, 0.29) is 5.69 Å². The van der Waals surface area contributed by atoms with Crippen LogP contribution in [0.15, 0.2) is 17.1 Å². The third-order valence-electron chi connectivity index (χ3n) is 5.33. The number of pyridine rings is 1. The van der Waals surface area contributed by atoms with Crippen LogP contribution in [-0.2, 0) is 0 Å². The van der Waals surface area contributed by atoms with Crippen LogP contribution in [0, 0.1) is 0 Å². The summed E-state index contributed by atoms with van der Waals surface area (Å²) in [5.41, 5.74) is -1.08. The van der Waals surface area contributed by atoms with Crippen molar-refractivity contribution in [1.82, 2.24) is 4.57 Å². The Morgan fingerprint density at radius 2 is 1.31 bits per heavy atom. The lowest BCUT2D eigenvalue weighted by Crippen LogP contribution is -2.09. The van der Waals surface area contributed by atoms with Gasteiger partial charge in [-0.25, -0.2) is 0 Å². The molecule has 0 aliphatic carbocycles. The number of allylic oxidation sites excluding steroid dienone is 1. The van der Waals surface area contributed by atoms with Crippen molar-refractivity contribution in [2.45, 2.75) is 103 Å². The Hall–Kier alpha value is -2.04. The Bertz CT molecular complexity index is 664. The minimum Gasteiger partial charge on any atom is -0.503 e. The molecule has 0 spiro atoms. The first-order chi connectivity index (χ1) is 14.1. The normalized spacial score (nSPS) is 11.3. The molecule has 0 aliphatic heterocycles. The van der Waals surface area contributed by atoms with Crippen LogP contribution in [0.2, 0.25) is 0 Å². The summed E-state index contributed by atoms with van der Waals surface area (Å²) in [7, 11) is 0. The van der Waals surface area contributed by atoms with Gasteiger partial charge in [0, 0.05) is 6.20 Å². The van der Waals surface area contributed by atoms with Gasteiger partial charge in [0.25, 0.3) is 5.43 Å². The fourth-order valence-electron chi connectivity index (χ4n) is 3.50. The monoisotopic (exact) mass is 405 g/mol. The smallest absolute Gasteiger partial charge is 0.265 e. The number of carbonyl (C=O) groups is 1. The van der Waals surface area contributed by atoms with Crippen molar-refractivity contribution in [2.24, 2.45) is 0 Å². The van der Waals surface area contributed by atoms with Gasteiger partial charge < -0.3 is 14.8 Å². The zero-order chi connectivity index (χ0) is 21.3. The van der Waals surface area contributed by atoms with Gasteiger partial charge in [-0.1, -0.05) is 96.5 Å². The first kappa shape index (κ1) is 25.0. The molecule has 29 heavy (non-hydrogen) atoms. The molecule has 0 unspecified atom stereocenters. The minimum absolute atomic E-state index is 0.148. The lowest BCUT2D eigenvalue weighted by atomic mass is 10.0. The number of aromatic nitrogens is 1. The zero-order valence-corrected chi connectivity index (χ0v) is 18.1. The Morgan fingerprint density at radius 1 is 0.828 bits per heavy atom. The van der Waals surface area contributed by atoms with Crippen LogP contribution in [0.25, 0.3) is 6.20 Å². The second kappa shape index (κ2) is 15.8. The van der Waals surface area contributed by atoms with Crippen LogP contribution >= 0.6 is 0 Å². The van der Waals surface area contributed by atoms with Crippen molar-refractivity contribution < 1.29 is 15.0 Å². The summed E-state index contributed by atoms with van der Waals surface area (Å²) < 4.78 is 1.28. The van der Waals surface area contributed by atoms with Gasteiger partial charge in [0.05, 0.1) is 6.20 Å². The van der Waals surface area contributed by atoms with Gasteiger partial charge in [0.1, 0.15) is 5.69 Å². The summed E-state index contributed by atoms with van der Waals surface area (Å²) in [4.78, 5) is 22.5. The lowest BCUT2D eigenvalue weighted by molar-refractivity contribution is 0.111. The molecule has 0 amide bonds. The molecule has 0 aliphatic rings. The highest BCUT2D eigenvalue weighted by Crippen LogP contribution is 2.16. The first-order valence-electron chi connectivity index (χ1n) is 11.4. The van der Waals surface area contributed by atoms with E-state index in [2.05, 4.69) is 6.92 Å². The van der Waals surface area contributed by atoms with Gasteiger partial charge in [0.2, 0.25) is 0 Å². The molecule has 0 saturated carbocycles. The van der Waals surface area contributed by atoms with Crippen molar-refractivity contribution in [3.8, 4) is 11.5 Å². The Kier molecular flexibility index (Phi) is 13.6. The largest absolute Gasteiger partial charge is 0.503 e. The highest BCUT2D eigenvalue weighted by Gasteiger charge is 2.12. The predicted octanol–water partition coefficient (Wildman–Crippen LogP) is 6.41. The molecule has 1 aromatic rings. The maximum atomic E-state index is 11.4. The van der Waals surface area contributed by atoms with Gasteiger partial charge in [-0.3, -0.25) is 9.59 Å². The third-order valence-corrected chi connectivity index (χ3v) is 5.33. The summed E-state index contributed by atoms with van der Waals surface area (Å²) in [6.07, 6.45) is 24.4. The van der Waals surface area contributed by atoms with Crippen molar-refractivity contribution >= 4 is 12.5 Å². The second-order valence-corrected chi connectivity index (χ2v) is 7.87. The highest BCUT2D eigenvalue weighted by molar-refractivity contribution is 5.78. The first-order valence-corrected chi connectivity index (χ1v) is 11.4. The maximum Gasteiger partial charge on any atom is 0.265 e. The topological polar surface area (TPSA) is 79.5 Å². The highest BCUT2D eigenvalue weighted by atomic mass is 16.3. The Morgan fingerprint density at radius 3 is 1.79 bits per heavy atom. The standard InChI is InChI=1S/C24H39NO4/c1-2-3-4-5-6-7-8-9-10-11-12-13-14-15-16-17-18-25-19-22(27)24(29)23(28)21(25)20-26/h17-20,27-28H,2-16H2,1H3. The fourth-order valence-corrected chi connectivity index (χ4v) is 3.50. The number of aldehydes is 1. The predicted molar refractivity (Wildman–Crippen MR) is 120 cm³/mol. The van der Waals surface area contributed by atoms with E-state index in [1.165, 1.54) is 88.0 Å². The molecule has 0 bridgehead atoms. The summed E-state index contributed by atoms with van der Waals surface area (Å²) in [5.74, 6) is -1.30. The molecule has 1 rings (SSSR count). The molecule has 0 radical (unpaired) electrons. The Balaban J connectivity index is 2.05. The van der Waals surface area contributed by atoms with Crippen LogP contribution in [0.4, 0.5) is 0 Å². The van der Waals surface area contributed by atoms with Gasteiger partial charge in [0.15, 0.2) is 17.8 Å². The number of rotatable bonds is 17. The van der Waals surface area contributed by atoms with Crippen molar-refractivity contribution in [1.29, 1.82) is 0 Å². The van der Waals surface area contributed by atoms with Gasteiger partial charge >= 0.3 is 0 Å². The molecule has 2 N–H and O–H groups in total. The van der Waals surface area contributed by atoms with E-state index < -0.39 is 16.9 Å². The summed E-state index contributed by atoms with van der Waals surface area (Å²) in [6, 6.07) is 0. The molecule has 0 fully saturated rings. The number of carbonyl (C=O) groups excluding carboxylic acids is 1. The van der Waals surface area contributed by atoms with E-state index in [1.807, 2.05) is 6.08 Å². The van der Waals surface area contributed by atoms with Gasteiger partial charge in [-0.05, 0) is 12.8 Å². The molecular formula is C24H39NO4. The van der Waals surface area contributed by atoms with Crippen LogP contribution in [0.5, 0.6) is 11.5 Å². The van der Waals surface area contributed by atoms with Crippen LogP contribution < -0.4 is 5.43 Å². The number of unbranched alkanes of at least 4 members (excludes halogenated alkanes) is 14. The molecule has 0 aromatic carbocycles. The van der Waals surface area contributed by atoms with E-state index >= 15 is 0 Å². The number of hydrogen-bond acceptors (Lipinski definition) is 4. The number of nitrogens with zero attached hydrogens (tertiary/aromatic N) is 1. The van der Waals surface area contributed by atoms with E-state index in [4.69, 9.17) is 0 Å². The fraction of sp³-hybridized carbons (Fsp3) is 0.667. The average Bonchev–Trinajstić information content (AvgIpc) is 2.72. The summed E-state index contributed by atoms with van der Waals surface area (Å²) in [6.45, 7) is 2.26. The molecule has 0 atom stereocenters. The molecule has 5 heteroatoms. The second-order valence-electron chi connectivity index (χ2n) is 7.87. The van der Waals surface area contributed by atoms with Crippen molar-refractivity contribution in [3.05, 3.63) is 28.2 Å². The molecular weight excluding hydrogens is 366 g/mol. The SMILES string of the molecule is CCCCCCCCCCCCCCCCC=Cn1cc(O)c(=O)c(O)c1C=O. The van der Waals surface area contributed by atoms with E-state index in [9.17, 15) is 19.8 Å². The maximum absolute atomic E-state index is 11.4. The van der Waals surface area contributed by atoms with Crippen LogP contribution in [-0.4, -0.2) is 21.1 Å². The summed E-state index contributed by atoms with van der Waals surface area (Å²) >= 11 is 0. The van der Waals surface area contributed by atoms with Gasteiger partial charge in [-0.2, -0.15) is 0 Å². The van der Waals surface area contributed by atoms with Crippen LogP contribution in [0.3, 0.4) is 0 Å². The average molecular weight is 406 g/mol. The Labute approximate surface area is 175 Å². The van der Waals surface area contributed by atoms with Crippen LogP contribution in [0.1, 0.15) is 114 Å². The molecule has 5 nitrogen and oxygen atoms in total. The molecule has 1 aromatic heterocycles. The number of aromatic hydroxyl groups is 2.